The van der Waals surface area contributed by atoms with E-state index in [1.54, 1.807) is 13.8 Å². The first-order valence-electron chi connectivity index (χ1n) is 8.43. The quantitative estimate of drug-likeness (QED) is 0.623. The Morgan fingerprint density at radius 3 is 2.48 bits per heavy atom. The molecule has 0 aliphatic carbocycles. The molecular weight excluding hydrogens is 364 g/mol. The molecule has 0 saturated heterocycles. The fraction of sp³-hybridized carbons (Fsp3) is 0.588. The van der Waals surface area contributed by atoms with Gasteiger partial charge in [0.2, 0.25) is 10.0 Å². The number of nitrogens with zero attached hydrogens (tertiary/aromatic N) is 1. The van der Waals surface area contributed by atoms with Crippen LogP contribution >= 0.6 is 11.6 Å². The molecule has 0 fully saturated rings. The lowest BCUT2D eigenvalue weighted by Gasteiger charge is -2.19. The Kier molecular flexibility index (Phi) is 8.85. The Balaban J connectivity index is 2.86. The fourth-order valence-electron chi connectivity index (χ4n) is 2.24. The number of ether oxygens (including phenoxy) is 1. The van der Waals surface area contributed by atoms with Crippen molar-refractivity contribution in [3.05, 3.63) is 28.8 Å². The largest absolute Gasteiger partial charge is 0.379 e. The molecule has 0 radical (unpaired) electrons. The predicted molar refractivity (Wildman–Crippen MR) is 99.6 cm³/mol. The third-order valence-corrected chi connectivity index (χ3v) is 5.96. The molecule has 1 rings (SSSR count). The van der Waals surface area contributed by atoms with Crippen molar-refractivity contribution in [1.82, 2.24) is 9.62 Å². The number of hydrogen-bond donors (Lipinski definition) is 1. The van der Waals surface area contributed by atoms with Gasteiger partial charge in [0.1, 0.15) is 0 Å². The van der Waals surface area contributed by atoms with Crippen molar-refractivity contribution >= 4 is 27.5 Å². The first-order valence-corrected chi connectivity index (χ1v) is 10.2. The SMILES string of the molecule is CCN(CC)S(=O)(=O)c1ccc(Cl)c(C(=O)NCCCOC(C)C)c1. The zero-order chi connectivity index (χ0) is 19.0. The van der Waals surface area contributed by atoms with E-state index in [0.29, 0.717) is 32.7 Å². The number of benzene rings is 1. The molecule has 0 unspecified atom stereocenters. The summed E-state index contributed by atoms with van der Waals surface area (Å²) in [6, 6.07) is 4.19. The Bertz CT molecular complexity index is 673. The van der Waals surface area contributed by atoms with E-state index in [9.17, 15) is 13.2 Å². The number of halogens is 1. The van der Waals surface area contributed by atoms with Gasteiger partial charge in [-0.05, 0) is 38.5 Å². The van der Waals surface area contributed by atoms with Gasteiger partial charge >= 0.3 is 0 Å². The van der Waals surface area contributed by atoms with Gasteiger partial charge in [0.25, 0.3) is 5.91 Å². The molecule has 6 nitrogen and oxygen atoms in total. The van der Waals surface area contributed by atoms with E-state index >= 15 is 0 Å². The standard InChI is InChI=1S/C17H27ClN2O4S/c1-5-20(6-2)25(22,23)14-8-9-16(18)15(12-14)17(21)19-10-7-11-24-13(3)4/h8-9,12-13H,5-7,10-11H2,1-4H3,(H,19,21). The molecule has 142 valence electrons. The second-order valence-corrected chi connectivity index (χ2v) is 8.11. The Hall–Kier alpha value is -1.15. The minimum absolute atomic E-state index is 0.0638. The van der Waals surface area contributed by atoms with E-state index < -0.39 is 15.9 Å². The summed E-state index contributed by atoms with van der Waals surface area (Å²) in [6.45, 7) is 9.11. The number of amides is 1. The molecule has 0 spiro atoms. The molecule has 1 amide bonds. The number of nitrogens with one attached hydrogen (secondary N) is 1. The van der Waals surface area contributed by atoms with Crippen molar-refractivity contribution in [1.29, 1.82) is 0 Å². The summed E-state index contributed by atoms with van der Waals surface area (Å²) < 4.78 is 31.9. The van der Waals surface area contributed by atoms with E-state index in [1.165, 1.54) is 22.5 Å². The van der Waals surface area contributed by atoms with Crippen molar-refractivity contribution in [2.75, 3.05) is 26.2 Å². The van der Waals surface area contributed by atoms with Gasteiger partial charge in [-0.15, -0.1) is 0 Å². The lowest BCUT2D eigenvalue weighted by molar-refractivity contribution is 0.0757. The molecule has 25 heavy (non-hydrogen) atoms. The third-order valence-electron chi connectivity index (χ3n) is 3.58. The van der Waals surface area contributed by atoms with Gasteiger partial charge in [-0.1, -0.05) is 25.4 Å². The minimum Gasteiger partial charge on any atom is -0.379 e. The first-order chi connectivity index (χ1) is 11.7. The van der Waals surface area contributed by atoms with Crippen LogP contribution in [0.5, 0.6) is 0 Å². The van der Waals surface area contributed by atoms with Gasteiger partial charge < -0.3 is 10.1 Å². The van der Waals surface area contributed by atoms with Crippen LogP contribution in [0.15, 0.2) is 23.1 Å². The van der Waals surface area contributed by atoms with Gasteiger partial charge in [0.05, 0.1) is 21.6 Å². The number of carbonyl (C=O) groups is 1. The van der Waals surface area contributed by atoms with Gasteiger partial charge in [-0.2, -0.15) is 4.31 Å². The number of rotatable bonds is 10. The summed E-state index contributed by atoms with van der Waals surface area (Å²) >= 11 is 6.08. The molecule has 0 bridgehead atoms. The van der Waals surface area contributed by atoms with Crippen LogP contribution in [0.25, 0.3) is 0 Å². The second-order valence-electron chi connectivity index (χ2n) is 5.76. The van der Waals surface area contributed by atoms with Crippen LogP contribution < -0.4 is 5.32 Å². The molecule has 1 aromatic carbocycles. The van der Waals surface area contributed by atoms with Gasteiger partial charge in [-0.3, -0.25) is 4.79 Å². The number of carbonyl (C=O) groups excluding carboxylic acids is 1. The predicted octanol–water partition coefficient (Wildman–Crippen LogP) is 2.92. The molecule has 0 aliphatic heterocycles. The van der Waals surface area contributed by atoms with Crippen molar-refractivity contribution < 1.29 is 17.9 Å². The maximum absolute atomic E-state index is 12.6. The number of sulfonamides is 1. The van der Waals surface area contributed by atoms with Crippen LogP contribution in [0.1, 0.15) is 44.5 Å². The number of hydrogen-bond acceptors (Lipinski definition) is 4. The highest BCUT2D eigenvalue weighted by molar-refractivity contribution is 7.89. The van der Waals surface area contributed by atoms with Crippen LogP contribution in [0.2, 0.25) is 5.02 Å². The Morgan fingerprint density at radius 1 is 1.28 bits per heavy atom. The third kappa shape index (κ3) is 6.26. The van der Waals surface area contributed by atoms with Crippen LogP contribution in [0.4, 0.5) is 0 Å². The lowest BCUT2D eigenvalue weighted by atomic mass is 10.2. The summed E-state index contributed by atoms with van der Waals surface area (Å²) in [5, 5.41) is 2.95. The molecule has 0 heterocycles. The van der Waals surface area contributed by atoms with Crippen molar-refractivity contribution in [2.45, 2.75) is 45.1 Å². The molecule has 0 saturated carbocycles. The average molecular weight is 391 g/mol. The average Bonchev–Trinajstić information content (AvgIpc) is 2.55. The lowest BCUT2D eigenvalue weighted by Crippen LogP contribution is -2.31. The van der Waals surface area contributed by atoms with E-state index in [1.807, 2.05) is 13.8 Å². The van der Waals surface area contributed by atoms with Gasteiger partial charge in [0, 0.05) is 26.2 Å². The van der Waals surface area contributed by atoms with Crippen LogP contribution in [0, 0.1) is 0 Å². The molecule has 0 aromatic heterocycles. The van der Waals surface area contributed by atoms with Crippen LogP contribution in [0.3, 0.4) is 0 Å². The highest BCUT2D eigenvalue weighted by Crippen LogP contribution is 2.23. The van der Waals surface area contributed by atoms with Crippen molar-refractivity contribution in [3.63, 3.8) is 0 Å². The van der Waals surface area contributed by atoms with Gasteiger partial charge in [0.15, 0.2) is 0 Å². The minimum atomic E-state index is -3.64. The molecule has 0 atom stereocenters. The van der Waals surface area contributed by atoms with E-state index in [0.717, 1.165) is 0 Å². The molecule has 1 N–H and O–H groups in total. The zero-order valence-corrected chi connectivity index (χ0v) is 16.8. The zero-order valence-electron chi connectivity index (χ0n) is 15.2. The van der Waals surface area contributed by atoms with Crippen LogP contribution in [-0.2, 0) is 14.8 Å². The normalized spacial score (nSPS) is 12.0. The molecular formula is C17H27ClN2O4S. The van der Waals surface area contributed by atoms with E-state index in [-0.39, 0.29) is 21.6 Å². The monoisotopic (exact) mass is 390 g/mol. The topological polar surface area (TPSA) is 75.7 Å². The summed E-state index contributed by atoms with van der Waals surface area (Å²) in [4.78, 5) is 12.4. The molecule has 0 aliphatic rings. The second kappa shape index (κ2) is 10.1. The Labute approximate surface area is 155 Å². The first kappa shape index (κ1) is 21.9. The summed E-state index contributed by atoms with van der Waals surface area (Å²) in [5.74, 6) is -0.397. The summed E-state index contributed by atoms with van der Waals surface area (Å²) in [6.07, 6.45) is 0.811. The molecule has 8 heteroatoms. The highest BCUT2D eigenvalue weighted by atomic mass is 35.5. The van der Waals surface area contributed by atoms with Crippen LogP contribution in [-0.4, -0.2) is 51.0 Å². The fourth-order valence-corrected chi connectivity index (χ4v) is 3.93. The maximum atomic E-state index is 12.6. The summed E-state index contributed by atoms with van der Waals surface area (Å²) in [5.41, 5.74) is 0.152. The summed E-state index contributed by atoms with van der Waals surface area (Å²) in [7, 11) is -3.64. The van der Waals surface area contributed by atoms with E-state index in [2.05, 4.69) is 5.32 Å². The smallest absolute Gasteiger partial charge is 0.252 e. The van der Waals surface area contributed by atoms with E-state index in [4.69, 9.17) is 16.3 Å². The highest BCUT2D eigenvalue weighted by Gasteiger charge is 2.23. The van der Waals surface area contributed by atoms with Crippen molar-refractivity contribution in [2.24, 2.45) is 0 Å². The van der Waals surface area contributed by atoms with Crippen molar-refractivity contribution in [3.8, 4) is 0 Å². The molecule has 1 aromatic rings. The van der Waals surface area contributed by atoms with Gasteiger partial charge in [-0.25, -0.2) is 8.42 Å². The maximum Gasteiger partial charge on any atom is 0.252 e. The Morgan fingerprint density at radius 2 is 1.92 bits per heavy atom.